The van der Waals surface area contributed by atoms with Crippen LogP contribution in [0.4, 0.5) is 0 Å². The van der Waals surface area contributed by atoms with Gasteiger partial charge in [0, 0.05) is 12.8 Å². The van der Waals surface area contributed by atoms with E-state index in [1.165, 1.54) is 0 Å². The summed E-state index contributed by atoms with van der Waals surface area (Å²) in [7, 11) is 4.13. The van der Waals surface area contributed by atoms with Crippen LogP contribution in [0.3, 0.4) is 0 Å². The number of ketones is 1. The summed E-state index contributed by atoms with van der Waals surface area (Å²) in [4.78, 5) is 70.2. The molecule has 4 amide bonds. The Bertz CT molecular complexity index is 1450. The van der Waals surface area contributed by atoms with Crippen molar-refractivity contribution in [2.45, 2.75) is 129 Å². The van der Waals surface area contributed by atoms with Gasteiger partial charge in [-0.05, 0) is 82.1 Å². The Kier molecular flexibility index (Phi) is 19.4. The number of hydrogen-bond acceptors (Lipinski definition) is 7. The van der Waals surface area contributed by atoms with Gasteiger partial charge < -0.3 is 30.9 Å². The Hall–Kier alpha value is -4.09. The van der Waals surface area contributed by atoms with Crippen LogP contribution in [0.2, 0.25) is 0 Å². The van der Waals surface area contributed by atoms with Gasteiger partial charge in [-0.25, -0.2) is 0 Å². The molecule has 1 aliphatic rings. The SMILES string of the molecule is CC(C)CC(NC(=O)C(CCc1ccccc1)NC(=O)CCCCCCCN(C)C)C(=O)NC(Cc1ccccc1)C(=O)N[C@@H](CC(C)C)C(=O)[C@H]1CO1. The molecular weight excluding hydrogens is 683 g/mol. The lowest BCUT2D eigenvalue weighted by Gasteiger charge is -2.27. The summed E-state index contributed by atoms with van der Waals surface area (Å²) in [6, 6.07) is 15.5. The van der Waals surface area contributed by atoms with Gasteiger partial charge in [0.25, 0.3) is 0 Å². The largest absolute Gasteiger partial charge is 0.365 e. The number of carbonyl (C=O) groups excluding carboxylic acids is 5. The zero-order valence-corrected chi connectivity index (χ0v) is 33.4. The molecule has 1 heterocycles. The highest BCUT2D eigenvalue weighted by atomic mass is 16.6. The summed E-state index contributed by atoms with van der Waals surface area (Å²) in [5, 5.41) is 11.7. The lowest BCUT2D eigenvalue weighted by atomic mass is 9.97. The van der Waals surface area contributed by atoms with E-state index in [9.17, 15) is 24.0 Å². The van der Waals surface area contributed by atoms with Crippen LogP contribution in [0.25, 0.3) is 0 Å². The minimum atomic E-state index is -1.01. The van der Waals surface area contributed by atoms with E-state index in [-0.39, 0.29) is 29.9 Å². The minimum absolute atomic E-state index is 0.0316. The molecule has 5 atom stereocenters. The maximum atomic E-state index is 14.1. The lowest BCUT2D eigenvalue weighted by Crippen LogP contribution is -2.58. The molecule has 0 saturated carbocycles. The van der Waals surface area contributed by atoms with E-state index in [1.54, 1.807) is 0 Å². The first-order chi connectivity index (χ1) is 25.8. The molecule has 11 heteroatoms. The first kappa shape index (κ1) is 44.3. The molecule has 2 aromatic carbocycles. The predicted molar refractivity (Wildman–Crippen MR) is 213 cm³/mol. The van der Waals surface area contributed by atoms with Crippen LogP contribution in [0.5, 0.6) is 0 Å². The second kappa shape index (κ2) is 23.6. The van der Waals surface area contributed by atoms with E-state index in [1.807, 2.05) is 88.4 Å². The second-order valence-electron chi connectivity index (χ2n) is 15.8. The van der Waals surface area contributed by atoms with E-state index < -0.39 is 48.0 Å². The van der Waals surface area contributed by atoms with E-state index >= 15 is 0 Å². The van der Waals surface area contributed by atoms with Crippen LogP contribution < -0.4 is 21.3 Å². The first-order valence-electron chi connectivity index (χ1n) is 19.9. The van der Waals surface area contributed by atoms with E-state index in [4.69, 9.17) is 4.74 Å². The average Bonchev–Trinajstić information content (AvgIpc) is 3.98. The average molecular weight is 748 g/mol. The fraction of sp³-hybridized carbons (Fsp3) is 0.605. The molecule has 0 aromatic heterocycles. The number of benzene rings is 2. The molecule has 0 aliphatic carbocycles. The summed E-state index contributed by atoms with van der Waals surface area (Å²) in [5.41, 5.74) is 1.87. The Balaban J connectivity index is 1.74. The molecule has 3 rings (SSSR count). The maximum absolute atomic E-state index is 14.1. The number of rotatable bonds is 26. The third kappa shape index (κ3) is 17.4. The van der Waals surface area contributed by atoms with Gasteiger partial charge in [-0.3, -0.25) is 24.0 Å². The number of nitrogens with zero attached hydrogens (tertiary/aromatic N) is 1. The van der Waals surface area contributed by atoms with Crippen LogP contribution in [-0.2, 0) is 41.6 Å². The highest BCUT2D eigenvalue weighted by Crippen LogP contribution is 2.17. The summed E-state index contributed by atoms with van der Waals surface area (Å²) in [6.45, 7) is 9.26. The fourth-order valence-corrected chi connectivity index (χ4v) is 6.47. The fourth-order valence-electron chi connectivity index (χ4n) is 6.47. The molecule has 4 N–H and O–H groups in total. The lowest BCUT2D eigenvalue weighted by molar-refractivity contribution is -0.135. The Morgan fingerprint density at radius 1 is 0.648 bits per heavy atom. The van der Waals surface area contributed by atoms with E-state index in [0.29, 0.717) is 38.7 Å². The molecule has 0 bridgehead atoms. The maximum Gasteiger partial charge on any atom is 0.243 e. The van der Waals surface area contributed by atoms with E-state index in [0.717, 1.165) is 49.8 Å². The summed E-state index contributed by atoms with van der Waals surface area (Å²) in [5.74, 6) is -1.62. The Morgan fingerprint density at radius 3 is 1.74 bits per heavy atom. The minimum Gasteiger partial charge on any atom is -0.365 e. The third-order valence-corrected chi connectivity index (χ3v) is 9.50. The Labute approximate surface area is 323 Å². The van der Waals surface area contributed by atoms with E-state index in [2.05, 4.69) is 40.3 Å². The summed E-state index contributed by atoms with van der Waals surface area (Å²) in [6.07, 6.45) is 6.64. The number of unbranched alkanes of at least 4 members (excludes halogenated alkanes) is 4. The third-order valence-electron chi connectivity index (χ3n) is 9.50. The molecule has 0 spiro atoms. The molecule has 3 unspecified atom stereocenters. The highest BCUT2D eigenvalue weighted by molar-refractivity contribution is 5.97. The predicted octanol–water partition coefficient (Wildman–Crippen LogP) is 4.76. The van der Waals surface area contributed by atoms with Crippen molar-refractivity contribution in [1.29, 1.82) is 0 Å². The molecule has 1 saturated heterocycles. The standard InChI is InChI=1S/C43H65N5O6/c1-30(2)26-35(40(50)38-29-54-38)45-43(53)37(28-33-20-14-11-15-21-33)47-42(52)36(27-31(3)4)46-41(51)34(24-23-32-18-12-10-13-19-32)44-39(49)22-16-8-7-9-17-25-48(5)6/h10-15,18-21,30-31,34-38H,7-9,16-17,22-29H2,1-6H3,(H,44,49)(H,45,53)(H,46,51)(H,47,52)/t34?,35-,36?,37?,38+/m0/s1. The van der Waals surface area contributed by atoms with Crippen LogP contribution >= 0.6 is 0 Å². The van der Waals surface area contributed by atoms with Gasteiger partial charge in [0.15, 0.2) is 5.78 Å². The number of nitrogens with one attached hydrogen (secondary N) is 4. The smallest absolute Gasteiger partial charge is 0.243 e. The summed E-state index contributed by atoms with van der Waals surface area (Å²) >= 11 is 0. The Morgan fingerprint density at radius 2 is 1.15 bits per heavy atom. The van der Waals surface area contributed by atoms with Crippen molar-refractivity contribution in [2.75, 3.05) is 27.2 Å². The number of Topliss-reactive ketones (excluding diaryl/α,β-unsaturated/α-hetero) is 1. The molecule has 1 fully saturated rings. The van der Waals surface area contributed by atoms with Crippen LogP contribution in [0.1, 0.15) is 96.6 Å². The number of ether oxygens (including phenoxy) is 1. The molecule has 1 aliphatic heterocycles. The topological polar surface area (TPSA) is 149 Å². The van der Waals surface area contributed by atoms with Gasteiger partial charge in [-0.15, -0.1) is 0 Å². The van der Waals surface area contributed by atoms with Crippen molar-refractivity contribution in [1.82, 2.24) is 26.2 Å². The molecule has 0 radical (unpaired) electrons. The van der Waals surface area contributed by atoms with Gasteiger partial charge in [-0.1, -0.05) is 108 Å². The number of aryl methyl sites for hydroxylation is 1. The van der Waals surface area contributed by atoms with Crippen molar-refractivity contribution in [3.63, 3.8) is 0 Å². The summed E-state index contributed by atoms with van der Waals surface area (Å²) < 4.78 is 5.23. The second-order valence-corrected chi connectivity index (χ2v) is 15.8. The van der Waals surface area contributed by atoms with Gasteiger partial charge in [-0.2, -0.15) is 0 Å². The zero-order valence-electron chi connectivity index (χ0n) is 33.4. The zero-order chi connectivity index (χ0) is 39.5. The van der Waals surface area contributed by atoms with Crippen molar-refractivity contribution in [2.24, 2.45) is 11.8 Å². The number of epoxide rings is 1. The normalized spacial score (nSPS) is 16.0. The first-order valence-corrected chi connectivity index (χ1v) is 19.9. The molecule has 298 valence electrons. The molecular formula is C43H65N5O6. The monoisotopic (exact) mass is 747 g/mol. The van der Waals surface area contributed by atoms with Crippen molar-refractivity contribution >= 4 is 29.4 Å². The number of carbonyl (C=O) groups is 5. The number of hydrogen-bond donors (Lipinski definition) is 4. The van der Waals surface area contributed by atoms with Gasteiger partial charge in [0.2, 0.25) is 23.6 Å². The van der Waals surface area contributed by atoms with Crippen LogP contribution in [0.15, 0.2) is 60.7 Å². The van der Waals surface area contributed by atoms with Gasteiger partial charge >= 0.3 is 0 Å². The van der Waals surface area contributed by atoms with Crippen LogP contribution in [0, 0.1) is 11.8 Å². The van der Waals surface area contributed by atoms with Crippen molar-refractivity contribution < 1.29 is 28.7 Å². The highest BCUT2D eigenvalue weighted by Gasteiger charge is 2.38. The molecule has 2 aromatic rings. The van der Waals surface area contributed by atoms with Crippen LogP contribution in [-0.4, -0.2) is 91.8 Å². The number of amides is 4. The van der Waals surface area contributed by atoms with Gasteiger partial charge in [0.05, 0.1) is 12.6 Å². The van der Waals surface area contributed by atoms with Crippen molar-refractivity contribution in [3.8, 4) is 0 Å². The molecule has 11 nitrogen and oxygen atoms in total. The van der Waals surface area contributed by atoms with Gasteiger partial charge in [0.1, 0.15) is 24.2 Å². The quantitative estimate of drug-likeness (QED) is 0.0801. The van der Waals surface area contributed by atoms with Crippen molar-refractivity contribution in [3.05, 3.63) is 71.8 Å². The molecule has 54 heavy (non-hydrogen) atoms.